The number of rotatable bonds is 7. The molecule has 1 aromatic carbocycles. The Kier molecular flexibility index (Phi) is 7.45. The average Bonchev–Trinajstić information content (AvgIpc) is 2.65. The number of halogens is 2. The Morgan fingerprint density at radius 3 is 2.48 bits per heavy atom. The Morgan fingerprint density at radius 1 is 1.19 bits per heavy atom. The molecule has 2 rings (SSSR count). The monoisotopic (exact) mass is 380 g/mol. The average molecular weight is 380 g/mol. The number of hydrogen-bond acceptors (Lipinski definition) is 3. The Labute approximate surface area is 158 Å². The molecular formula is C20H26F2N2O3. The van der Waals surface area contributed by atoms with E-state index >= 15 is 0 Å². The van der Waals surface area contributed by atoms with Crippen LogP contribution in [-0.4, -0.2) is 42.1 Å². The van der Waals surface area contributed by atoms with Crippen molar-refractivity contribution in [1.82, 2.24) is 10.2 Å². The molecule has 1 aliphatic heterocycles. The molecule has 5 nitrogen and oxygen atoms in total. The highest BCUT2D eigenvalue weighted by Crippen LogP contribution is 2.23. The van der Waals surface area contributed by atoms with Crippen molar-refractivity contribution in [3.8, 4) is 0 Å². The molecule has 1 heterocycles. The fourth-order valence-electron chi connectivity index (χ4n) is 3.09. The molecule has 148 valence electrons. The Balaban J connectivity index is 1.80. The maximum Gasteiger partial charge on any atom is 0.241 e. The zero-order chi connectivity index (χ0) is 20.0. The Morgan fingerprint density at radius 2 is 1.85 bits per heavy atom. The van der Waals surface area contributed by atoms with Gasteiger partial charge in [-0.05, 0) is 43.4 Å². The molecular weight excluding hydrogens is 354 g/mol. The number of likely N-dealkylation sites (tertiary alicyclic amines) is 1. The molecule has 0 radical (unpaired) electrons. The van der Waals surface area contributed by atoms with Crippen LogP contribution in [0.2, 0.25) is 0 Å². The Bertz CT molecular complexity index is 698. The normalized spacial score (nSPS) is 15.1. The highest BCUT2D eigenvalue weighted by Gasteiger charge is 2.29. The van der Waals surface area contributed by atoms with Gasteiger partial charge in [0, 0.05) is 25.4 Å². The van der Waals surface area contributed by atoms with Crippen LogP contribution >= 0.6 is 0 Å². The number of carbonyl (C=O) groups is 3. The lowest BCUT2D eigenvalue weighted by Crippen LogP contribution is -2.45. The smallest absolute Gasteiger partial charge is 0.241 e. The molecule has 0 atom stereocenters. The quantitative estimate of drug-likeness (QED) is 0.740. The van der Waals surface area contributed by atoms with Crippen LogP contribution in [0.5, 0.6) is 0 Å². The number of Topliss-reactive ketones (excluding diaryl/α,β-unsaturated/α-hetero) is 1. The summed E-state index contributed by atoms with van der Waals surface area (Å²) < 4.78 is 27.1. The van der Waals surface area contributed by atoms with Gasteiger partial charge < -0.3 is 10.2 Å². The molecule has 1 fully saturated rings. The van der Waals surface area contributed by atoms with Crippen molar-refractivity contribution in [2.75, 3.05) is 19.6 Å². The molecule has 0 aliphatic carbocycles. The van der Waals surface area contributed by atoms with Gasteiger partial charge in [-0.25, -0.2) is 8.78 Å². The first-order valence-corrected chi connectivity index (χ1v) is 9.31. The summed E-state index contributed by atoms with van der Waals surface area (Å²) in [7, 11) is 0. The zero-order valence-electron chi connectivity index (χ0n) is 15.8. The van der Waals surface area contributed by atoms with Crippen molar-refractivity contribution < 1.29 is 23.2 Å². The minimum absolute atomic E-state index is 0.0614. The van der Waals surface area contributed by atoms with Crippen LogP contribution in [0.25, 0.3) is 0 Å². The van der Waals surface area contributed by atoms with Crippen LogP contribution in [0.3, 0.4) is 0 Å². The van der Waals surface area contributed by atoms with Gasteiger partial charge in [-0.1, -0.05) is 13.8 Å². The molecule has 0 saturated carbocycles. The lowest BCUT2D eigenvalue weighted by Gasteiger charge is -2.31. The first kappa shape index (κ1) is 21.0. The summed E-state index contributed by atoms with van der Waals surface area (Å²) >= 11 is 0. The summed E-state index contributed by atoms with van der Waals surface area (Å²) in [5.41, 5.74) is -0.239. The number of nitrogens with zero attached hydrogens (tertiary/aromatic N) is 1. The number of benzene rings is 1. The summed E-state index contributed by atoms with van der Waals surface area (Å²) in [6, 6.07) is 2.84. The van der Waals surface area contributed by atoms with E-state index in [-0.39, 0.29) is 23.9 Å². The zero-order valence-corrected chi connectivity index (χ0v) is 15.8. The first-order valence-electron chi connectivity index (χ1n) is 9.31. The minimum atomic E-state index is -0.732. The SMILES string of the molecule is CC(C)CCC(=O)NCC(=O)N1CCC(C(=O)c2cc(F)ccc2F)CC1. The van der Waals surface area contributed by atoms with Gasteiger partial charge >= 0.3 is 0 Å². The van der Waals surface area contributed by atoms with Gasteiger partial charge in [0.1, 0.15) is 11.6 Å². The van der Waals surface area contributed by atoms with E-state index in [0.29, 0.717) is 38.3 Å². The molecule has 2 amide bonds. The van der Waals surface area contributed by atoms with Crippen LogP contribution in [-0.2, 0) is 9.59 Å². The third-order valence-corrected chi connectivity index (χ3v) is 4.80. The van der Waals surface area contributed by atoms with Gasteiger partial charge in [-0.3, -0.25) is 14.4 Å². The topological polar surface area (TPSA) is 66.5 Å². The van der Waals surface area contributed by atoms with Gasteiger partial charge in [0.15, 0.2) is 5.78 Å². The lowest BCUT2D eigenvalue weighted by molar-refractivity contribution is -0.133. The van der Waals surface area contributed by atoms with Crippen LogP contribution in [0.1, 0.15) is 49.9 Å². The van der Waals surface area contributed by atoms with Crippen LogP contribution < -0.4 is 5.32 Å². The molecule has 0 unspecified atom stereocenters. The second-order valence-electron chi connectivity index (χ2n) is 7.35. The summed E-state index contributed by atoms with van der Waals surface area (Å²) in [6.45, 7) is 4.70. The predicted molar refractivity (Wildman–Crippen MR) is 97.1 cm³/mol. The molecule has 1 aliphatic rings. The van der Waals surface area contributed by atoms with Gasteiger partial charge in [0.25, 0.3) is 0 Å². The lowest BCUT2D eigenvalue weighted by atomic mass is 9.88. The summed E-state index contributed by atoms with van der Waals surface area (Å²) in [5.74, 6) is -2.18. The van der Waals surface area contributed by atoms with Crippen LogP contribution in [0.15, 0.2) is 18.2 Å². The molecule has 27 heavy (non-hydrogen) atoms. The molecule has 1 aromatic rings. The van der Waals surface area contributed by atoms with Crippen LogP contribution in [0, 0.1) is 23.5 Å². The summed E-state index contributed by atoms with van der Waals surface area (Å²) in [4.78, 5) is 37.9. The summed E-state index contributed by atoms with van der Waals surface area (Å²) in [6.07, 6.45) is 1.94. The second kappa shape index (κ2) is 9.58. The Hall–Kier alpha value is -2.31. The molecule has 0 aromatic heterocycles. The van der Waals surface area contributed by atoms with Gasteiger partial charge in [0.05, 0.1) is 12.1 Å². The van der Waals surface area contributed by atoms with Gasteiger partial charge in [-0.2, -0.15) is 0 Å². The second-order valence-corrected chi connectivity index (χ2v) is 7.35. The number of piperidine rings is 1. The number of nitrogens with one attached hydrogen (secondary N) is 1. The van der Waals surface area contributed by atoms with Crippen molar-refractivity contribution in [1.29, 1.82) is 0 Å². The van der Waals surface area contributed by atoms with E-state index in [1.807, 2.05) is 13.8 Å². The van der Waals surface area contributed by atoms with E-state index in [1.165, 1.54) is 0 Å². The highest BCUT2D eigenvalue weighted by atomic mass is 19.1. The largest absolute Gasteiger partial charge is 0.347 e. The number of ketones is 1. The molecule has 1 N–H and O–H groups in total. The van der Waals surface area contributed by atoms with Crippen molar-refractivity contribution in [2.45, 2.75) is 39.5 Å². The van der Waals surface area contributed by atoms with Crippen molar-refractivity contribution >= 4 is 17.6 Å². The number of carbonyl (C=O) groups excluding carboxylic acids is 3. The standard InChI is InChI=1S/C20H26F2N2O3/c1-13(2)3-6-18(25)23-12-19(26)24-9-7-14(8-10-24)20(27)16-11-15(21)4-5-17(16)22/h4-5,11,13-14H,3,6-10,12H2,1-2H3,(H,23,25). The predicted octanol–water partition coefficient (Wildman–Crippen LogP) is 2.94. The molecule has 1 saturated heterocycles. The molecule has 0 bridgehead atoms. The fourth-order valence-corrected chi connectivity index (χ4v) is 3.09. The third kappa shape index (κ3) is 6.12. The number of amides is 2. The maximum atomic E-state index is 13.8. The molecule has 0 spiro atoms. The summed E-state index contributed by atoms with van der Waals surface area (Å²) in [5, 5.41) is 2.62. The van der Waals surface area contributed by atoms with Crippen LogP contribution in [0.4, 0.5) is 8.78 Å². The maximum absolute atomic E-state index is 13.8. The van der Waals surface area contributed by atoms with E-state index in [2.05, 4.69) is 5.32 Å². The highest BCUT2D eigenvalue weighted by molar-refractivity contribution is 5.98. The fraction of sp³-hybridized carbons (Fsp3) is 0.550. The van der Waals surface area contributed by atoms with E-state index in [0.717, 1.165) is 24.6 Å². The van der Waals surface area contributed by atoms with E-state index < -0.39 is 23.3 Å². The van der Waals surface area contributed by atoms with Gasteiger partial charge in [-0.15, -0.1) is 0 Å². The third-order valence-electron chi connectivity index (χ3n) is 4.80. The van der Waals surface area contributed by atoms with E-state index in [4.69, 9.17) is 0 Å². The number of hydrogen-bond donors (Lipinski definition) is 1. The van der Waals surface area contributed by atoms with Crippen molar-refractivity contribution in [2.24, 2.45) is 11.8 Å². The van der Waals surface area contributed by atoms with Crippen molar-refractivity contribution in [3.63, 3.8) is 0 Å². The molecule has 7 heteroatoms. The van der Waals surface area contributed by atoms with Crippen molar-refractivity contribution in [3.05, 3.63) is 35.4 Å². The van der Waals surface area contributed by atoms with E-state index in [9.17, 15) is 23.2 Å². The van der Waals surface area contributed by atoms with E-state index in [1.54, 1.807) is 4.90 Å². The minimum Gasteiger partial charge on any atom is -0.347 e. The van der Waals surface area contributed by atoms with Gasteiger partial charge in [0.2, 0.25) is 11.8 Å². The first-order chi connectivity index (χ1) is 12.8.